The summed E-state index contributed by atoms with van der Waals surface area (Å²) in [6.07, 6.45) is 2.35. The molecule has 0 radical (unpaired) electrons. The number of aromatic carboxylic acids is 1. The minimum absolute atomic E-state index is 0.278. The van der Waals surface area contributed by atoms with Gasteiger partial charge in [-0.2, -0.15) is 0 Å². The Hall–Kier alpha value is -1.56. The predicted octanol–water partition coefficient (Wildman–Crippen LogP) is 2.53. The van der Waals surface area contributed by atoms with Crippen molar-refractivity contribution in [1.29, 1.82) is 0 Å². The number of hydrogen-bond donors (Lipinski definition) is 2. The van der Waals surface area contributed by atoms with Crippen molar-refractivity contribution in [3.63, 3.8) is 0 Å². The number of halogens is 3. The van der Waals surface area contributed by atoms with E-state index in [0.29, 0.717) is 18.9 Å². The molecule has 18 heavy (non-hydrogen) atoms. The highest BCUT2D eigenvalue weighted by Gasteiger charge is 2.37. The van der Waals surface area contributed by atoms with E-state index in [2.05, 4.69) is 0 Å². The van der Waals surface area contributed by atoms with Crippen LogP contribution in [0.3, 0.4) is 0 Å². The van der Waals surface area contributed by atoms with Crippen LogP contribution >= 0.6 is 0 Å². The zero-order valence-corrected chi connectivity index (χ0v) is 9.47. The Morgan fingerprint density at radius 2 is 1.78 bits per heavy atom. The van der Waals surface area contributed by atoms with Crippen LogP contribution in [-0.4, -0.2) is 11.1 Å². The molecule has 0 amide bonds. The maximum Gasteiger partial charge on any atom is 0.341 e. The van der Waals surface area contributed by atoms with Crippen LogP contribution in [0.5, 0.6) is 0 Å². The van der Waals surface area contributed by atoms with Crippen LogP contribution in [0.4, 0.5) is 13.2 Å². The molecule has 0 heterocycles. The summed E-state index contributed by atoms with van der Waals surface area (Å²) in [4.78, 5) is 10.6. The molecule has 0 saturated heterocycles. The van der Waals surface area contributed by atoms with Gasteiger partial charge in [-0.05, 0) is 18.9 Å². The summed E-state index contributed by atoms with van der Waals surface area (Å²) in [5.41, 5.74) is 3.26. The monoisotopic (exact) mass is 259 g/mol. The van der Waals surface area contributed by atoms with E-state index < -0.39 is 34.5 Å². The number of benzene rings is 1. The van der Waals surface area contributed by atoms with Gasteiger partial charge < -0.3 is 10.8 Å². The number of carboxylic acids is 1. The molecule has 1 aromatic carbocycles. The molecule has 0 aromatic heterocycles. The van der Waals surface area contributed by atoms with Crippen molar-refractivity contribution in [1.82, 2.24) is 0 Å². The van der Waals surface area contributed by atoms with Gasteiger partial charge in [-0.1, -0.05) is 12.8 Å². The van der Waals surface area contributed by atoms with Crippen LogP contribution in [0.1, 0.15) is 41.6 Å². The molecule has 2 rings (SSSR count). The molecular weight excluding hydrogens is 247 g/mol. The molecule has 1 aliphatic carbocycles. The minimum Gasteiger partial charge on any atom is -0.477 e. The maximum atomic E-state index is 13.8. The van der Waals surface area contributed by atoms with E-state index in [1.54, 1.807) is 0 Å². The molecule has 1 aliphatic rings. The molecule has 1 aromatic rings. The number of nitrogens with two attached hydrogens (primary N) is 1. The molecule has 3 N–H and O–H groups in total. The summed E-state index contributed by atoms with van der Waals surface area (Å²) < 4.78 is 40.9. The van der Waals surface area contributed by atoms with Crippen molar-refractivity contribution >= 4 is 5.97 Å². The van der Waals surface area contributed by atoms with E-state index >= 15 is 0 Å². The first-order valence-corrected chi connectivity index (χ1v) is 5.57. The second kappa shape index (κ2) is 4.28. The van der Waals surface area contributed by atoms with Crippen LogP contribution in [0.25, 0.3) is 0 Å². The van der Waals surface area contributed by atoms with Gasteiger partial charge in [0.05, 0.1) is 0 Å². The fourth-order valence-electron chi connectivity index (χ4n) is 2.43. The van der Waals surface area contributed by atoms with Gasteiger partial charge >= 0.3 is 5.97 Å². The topological polar surface area (TPSA) is 63.3 Å². The first kappa shape index (κ1) is 12.9. The summed E-state index contributed by atoms with van der Waals surface area (Å²) in [5.74, 6) is -6.19. The molecule has 0 atom stereocenters. The van der Waals surface area contributed by atoms with Crippen molar-refractivity contribution < 1.29 is 23.1 Å². The van der Waals surface area contributed by atoms with Crippen molar-refractivity contribution in [2.24, 2.45) is 5.73 Å². The standard InChI is InChI=1S/C12H12F3NO2/c13-7-5-6(12(16)3-1-2-4-12)9(14)10(15)8(7)11(17)18/h5H,1-4,16H2,(H,17,18). The SMILES string of the molecule is NC1(c2cc(F)c(C(=O)O)c(F)c2F)CCCC1. The largest absolute Gasteiger partial charge is 0.477 e. The van der Waals surface area contributed by atoms with Gasteiger partial charge in [0.15, 0.2) is 11.6 Å². The zero-order valence-electron chi connectivity index (χ0n) is 9.47. The summed E-state index contributed by atoms with van der Waals surface area (Å²) in [7, 11) is 0. The fourth-order valence-corrected chi connectivity index (χ4v) is 2.43. The minimum atomic E-state index is -1.84. The first-order valence-electron chi connectivity index (χ1n) is 5.57. The summed E-state index contributed by atoms with van der Waals surface area (Å²) in [6, 6.07) is 0.702. The Bertz CT molecular complexity index is 511. The smallest absolute Gasteiger partial charge is 0.341 e. The van der Waals surface area contributed by atoms with Gasteiger partial charge in [-0.25, -0.2) is 18.0 Å². The Labute approximate surface area is 101 Å². The van der Waals surface area contributed by atoms with E-state index in [1.165, 1.54) is 0 Å². The number of carbonyl (C=O) groups is 1. The van der Waals surface area contributed by atoms with E-state index in [9.17, 15) is 18.0 Å². The Balaban J connectivity index is 2.61. The molecule has 0 aliphatic heterocycles. The molecule has 6 heteroatoms. The van der Waals surface area contributed by atoms with Crippen molar-refractivity contribution in [2.45, 2.75) is 31.2 Å². The second-order valence-corrected chi connectivity index (χ2v) is 4.58. The predicted molar refractivity (Wildman–Crippen MR) is 57.6 cm³/mol. The molecule has 1 saturated carbocycles. The van der Waals surface area contributed by atoms with E-state index in [-0.39, 0.29) is 5.56 Å². The van der Waals surface area contributed by atoms with E-state index in [1.807, 2.05) is 0 Å². The summed E-state index contributed by atoms with van der Waals surface area (Å²) in [6.45, 7) is 0. The normalized spacial score (nSPS) is 18.0. The molecular formula is C12H12F3NO2. The highest BCUT2D eigenvalue weighted by molar-refractivity contribution is 5.88. The van der Waals surface area contributed by atoms with Crippen molar-refractivity contribution in [3.8, 4) is 0 Å². The molecule has 98 valence electrons. The quantitative estimate of drug-likeness (QED) is 0.802. The zero-order chi connectivity index (χ0) is 13.5. The van der Waals surface area contributed by atoms with Gasteiger partial charge in [-0.3, -0.25) is 0 Å². The number of hydrogen-bond acceptors (Lipinski definition) is 2. The van der Waals surface area contributed by atoms with Gasteiger partial charge in [0.1, 0.15) is 11.4 Å². The van der Waals surface area contributed by atoms with Crippen LogP contribution in [-0.2, 0) is 5.54 Å². The average Bonchev–Trinajstić information content (AvgIpc) is 2.71. The number of carboxylic acid groups (broad SMARTS) is 1. The number of rotatable bonds is 2. The van der Waals surface area contributed by atoms with Crippen LogP contribution in [0.15, 0.2) is 6.07 Å². The summed E-state index contributed by atoms with van der Waals surface area (Å²) in [5, 5.41) is 8.61. The highest BCUT2D eigenvalue weighted by atomic mass is 19.2. The third-order valence-electron chi connectivity index (χ3n) is 3.40. The van der Waals surface area contributed by atoms with Crippen molar-refractivity contribution in [3.05, 3.63) is 34.6 Å². The lowest BCUT2D eigenvalue weighted by Gasteiger charge is -2.25. The van der Waals surface area contributed by atoms with Gasteiger partial charge in [0, 0.05) is 11.1 Å². The molecule has 0 spiro atoms. The van der Waals surface area contributed by atoms with E-state index in [0.717, 1.165) is 12.8 Å². The molecule has 0 bridgehead atoms. The average molecular weight is 259 g/mol. The lowest BCUT2D eigenvalue weighted by Crippen LogP contribution is -2.35. The second-order valence-electron chi connectivity index (χ2n) is 4.58. The lowest BCUT2D eigenvalue weighted by molar-refractivity contribution is 0.0684. The summed E-state index contributed by atoms with van der Waals surface area (Å²) >= 11 is 0. The van der Waals surface area contributed by atoms with E-state index in [4.69, 9.17) is 10.8 Å². The van der Waals surface area contributed by atoms with Gasteiger partial charge in [0.2, 0.25) is 0 Å². The lowest BCUT2D eigenvalue weighted by atomic mass is 9.88. The molecule has 0 unspecified atom stereocenters. The Kier molecular flexibility index (Phi) is 3.06. The third kappa shape index (κ3) is 1.86. The van der Waals surface area contributed by atoms with Crippen LogP contribution < -0.4 is 5.73 Å². The highest BCUT2D eigenvalue weighted by Crippen LogP contribution is 2.39. The van der Waals surface area contributed by atoms with Gasteiger partial charge in [-0.15, -0.1) is 0 Å². The first-order chi connectivity index (χ1) is 8.37. The third-order valence-corrected chi connectivity index (χ3v) is 3.40. The molecule has 3 nitrogen and oxygen atoms in total. The maximum absolute atomic E-state index is 13.8. The molecule has 1 fully saturated rings. The van der Waals surface area contributed by atoms with Crippen LogP contribution in [0.2, 0.25) is 0 Å². The Morgan fingerprint density at radius 1 is 1.22 bits per heavy atom. The van der Waals surface area contributed by atoms with Crippen molar-refractivity contribution in [2.75, 3.05) is 0 Å². The van der Waals surface area contributed by atoms with Gasteiger partial charge in [0.25, 0.3) is 0 Å². The van der Waals surface area contributed by atoms with Crippen LogP contribution in [0, 0.1) is 17.5 Å². The Morgan fingerprint density at radius 3 is 2.28 bits per heavy atom. The fraction of sp³-hybridized carbons (Fsp3) is 0.417.